The summed E-state index contributed by atoms with van der Waals surface area (Å²) in [6, 6.07) is 5.90. The Hall–Kier alpha value is -1.36. The van der Waals surface area contributed by atoms with Crippen molar-refractivity contribution in [2.45, 2.75) is 39.8 Å². The molecule has 5 heteroatoms. The van der Waals surface area contributed by atoms with Crippen molar-refractivity contribution < 1.29 is 9.53 Å². The van der Waals surface area contributed by atoms with E-state index in [1.54, 1.807) is 4.68 Å². The number of carbonyl (C=O) groups is 1. The number of fused-ring (bicyclic) bond motifs is 1. The van der Waals surface area contributed by atoms with E-state index in [2.05, 4.69) is 21.0 Å². The van der Waals surface area contributed by atoms with Gasteiger partial charge in [0.25, 0.3) is 0 Å². The Bertz CT molecular complexity index is 626. The molecule has 0 saturated carbocycles. The maximum absolute atomic E-state index is 11.8. The summed E-state index contributed by atoms with van der Waals surface area (Å²) < 4.78 is 7.97. The molecule has 0 amide bonds. The maximum atomic E-state index is 11.8. The Morgan fingerprint density at radius 2 is 2.11 bits per heavy atom. The average Bonchev–Trinajstić information content (AvgIpc) is 2.52. The lowest BCUT2D eigenvalue weighted by molar-refractivity contribution is -0.155. The highest BCUT2D eigenvalue weighted by Gasteiger charge is 2.18. The first kappa shape index (κ1) is 14.1. The van der Waals surface area contributed by atoms with E-state index in [-0.39, 0.29) is 12.5 Å². The molecular weight excluding hydrogens is 308 g/mol. The predicted molar refractivity (Wildman–Crippen MR) is 78.0 cm³/mol. The molecule has 1 heterocycles. The summed E-state index contributed by atoms with van der Waals surface area (Å²) in [4.78, 5) is 11.8. The van der Waals surface area contributed by atoms with Gasteiger partial charge in [0.05, 0.1) is 5.52 Å². The van der Waals surface area contributed by atoms with Crippen LogP contribution >= 0.6 is 15.9 Å². The fourth-order valence-corrected chi connectivity index (χ4v) is 2.24. The number of rotatable bonds is 2. The molecule has 0 aliphatic carbocycles. The average molecular weight is 325 g/mol. The fraction of sp³-hybridized carbons (Fsp3) is 0.429. The number of aromatic nitrogens is 2. The first-order valence-electron chi connectivity index (χ1n) is 6.11. The van der Waals surface area contributed by atoms with Crippen molar-refractivity contribution in [3.63, 3.8) is 0 Å². The Morgan fingerprint density at radius 1 is 1.42 bits per heavy atom. The molecule has 0 aliphatic rings. The third kappa shape index (κ3) is 3.35. The second kappa shape index (κ2) is 4.96. The first-order valence-corrected chi connectivity index (χ1v) is 6.90. The standard InChI is InChI=1S/C14H17BrN2O2/c1-9-11-6-5-10(15)7-12(11)16-17(9)8-13(18)19-14(2,3)4/h5-7H,8H2,1-4H3. The summed E-state index contributed by atoms with van der Waals surface area (Å²) in [5.74, 6) is -0.275. The van der Waals surface area contributed by atoms with Crippen LogP contribution in [-0.4, -0.2) is 21.4 Å². The summed E-state index contributed by atoms with van der Waals surface area (Å²) >= 11 is 3.42. The van der Waals surface area contributed by atoms with Gasteiger partial charge in [0.1, 0.15) is 12.1 Å². The molecule has 0 spiro atoms. The van der Waals surface area contributed by atoms with Crippen molar-refractivity contribution in [3.05, 3.63) is 28.4 Å². The molecular formula is C14H17BrN2O2. The minimum Gasteiger partial charge on any atom is -0.459 e. The van der Waals surface area contributed by atoms with E-state index >= 15 is 0 Å². The molecule has 4 nitrogen and oxygen atoms in total. The van der Waals surface area contributed by atoms with Crippen molar-refractivity contribution >= 4 is 32.8 Å². The van der Waals surface area contributed by atoms with Crippen LogP contribution in [0.2, 0.25) is 0 Å². The summed E-state index contributed by atoms with van der Waals surface area (Å²) in [7, 11) is 0. The number of esters is 1. The van der Waals surface area contributed by atoms with Crippen molar-refractivity contribution in [3.8, 4) is 0 Å². The van der Waals surface area contributed by atoms with Gasteiger partial charge in [-0.15, -0.1) is 0 Å². The normalized spacial score (nSPS) is 11.8. The molecule has 1 aromatic carbocycles. The molecule has 0 fully saturated rings. The van der Waals surface area contributed by atoms with E-state index in [9.17, 15) is 4.79 Å². The van der Waals surface area contributed by atoms with Gasteiger partial charge in [-0.3, -0.25) is 9.48 Å². The monoisotopic (exact) mass is 324 g/mol. The van der Waals surface area contributed by atoms with E-state index in [4.69, 9.17) is 4.74 Å². The van der Waals surface area contributed by atoms with E-state index in [1.165, 1.54) is 0 Å². The van der Waals surface area contributed by atoms with E-state index in [0.29, 0.717) is 0 Å². The quantitative estimate of drug-likeness (QED) is 0.795. The lowest BCUT2D eigenvalue weighted by atomic mass is 10.2. The van der Waals surface area contributed by atoms with Crippen molar-refractivity contribution in [2.24, 2.45) is 0 Å². The van der Waals surface area contributed by atoms with Crippen LogP contribution in [0.5, 0.6) is 0 Å². The van der Waals surface area contributed by atoms with Crippen LogP contribution in [0.3, 0.4) is 0 Å². The van der Waals surface area contributed by atoms with Crippen LogP contribution in [0.25, 0.3) is 10.9 Å². The van der Waals surface area contributed by atoms with Gasteiger partial charge in [-0.2, -0.15) is 5.10 Å². The zero-order chi connectivity index (χ0) is 14.2. The Balaban J connectivity index is 2.26. The predicted octanol–water partition coefficient (Wildman–Crippen LogP) is 3.45. The number of halogens is 1. The summed E-state index contributed by atoms with van der Waals surface area (Å²) in [5, 5.41) is 5.48. The molecule has 19 heavy (non-hydrogen) atoms. The molecule has 0 unspecified atom stereocenters. The Labute approximate surface area is 120 Å². The van der Waals surface area contributed by atoms with Gasteiger partial charge >= 0.3 is 5.97 Å². The zero-order valence-electron chi connectivity index (χ0n) is 11.5. The number of nitrogens with zero attached hydrogens (tertiary/aromatic N) is 2. The molecule has 2 aromatic rings. The van der Waals surface area contributed by atoms with Crippen LogP contribution in [0.1, 0.15) is 26.5 Å². The first-order chi connectivity index (χ1) is 8.76. The Kier molecular flexibility index (Phi) is 3.67. The topological polar surface area (TPSA) is 44.1 Å². The zero-order valence-corrected chi connectivity index (χ0v) is 13.1. The number of hydrogen-bond acceptors (Lipinski definition) is 3. The van der Waals surface area contributed by atoms with Crippen LogP contribution in [-0.2, 0) is 16.1 Å². The van der Waals surface area contributed by atoms with Crippen molar-refractivity contribution in [1.29, 1.82) is 0 Å². The van der Waals surface area contributed by atoms with Gasteiger partial charge in [-0.25, -0.2) is 0 Å². The lowest BCUT2D eigenvalue weighted by Crippen LogP contribution is -2.27. The minimum atomic E-state index is -0.472. The van der Waals surface area contributed by atoms with Gasteiger partial charge in [0, 0.05) is 15.6 Å². The number of carbonyl (C=O) groups excluding carboxylic acids is 1. The minimum absolute atomic E-state index is 0.134. The number of hydrogen-bond donors (Lipinski definition) is 0. The molecule has 1 aromatic heterocycles. The summed E-state index contributed by atoms with van der Waals surface area (Å²) in [5.41, 5.74) is 1.37. The molecule has 0 N–H and O–H groups in total. The van der Waals surface area contributed by atoms with E-state index in [1.807, 2.05) is 45.9 Å². The second-order valence-corrected chi connectivity index (χ2v) is 6.41. The summed E-state index contributed by atoms with van der Waals surface area (Å²) in [6.07, 6.45) is 0. The highest BCUT2D eigenvalue weighted by molar-refractivity contribution is 9.10. The third-order valence-corrected chi connectivity index (χ3v) is 3.16. The number of ether oxygens (including phenoxy) is 1. The SMILES string of the molecule is Cc1c2ccc(Br)cc2nn1CC(=O)OC(C)(C)C. The van der Waals surface area contributed by atoms with E-state index in [0.717, 1.165) is 21.1 Å². The van der Waals surface area contributed by atoms with Crippen LogP contribution in [0.15, 0.2) is 22.7 Å². The Morgan fingerprint density at radius 3 is 2.74 bits per heavy atom. The highest BCUT2D eigenvalue weighted by Crippen LogP contribution is 2.22. The van der Waals surface area contributed by atoms with Gasteiger partial charge in [-0.05, 0) is 45.9 Å². The lowest BCUT2D eigenvalue weighted by Gasteiger charge is -2.19. The van der Waals surface area contributed by atoms with E-state index < -0.39 is 5.60 Å². The molecule has 0 atom stereocenters. The van der Waals surface area contributed by atoms with Crippen molar-refractivity contribution in [2.75, 3.05) is 0 Å². The van der Waals surface area contributed by atoms with Gasteiger partial charge in [0.15, 0.2) is 0 Å². The second-order valence-electron chi connectivity index (χ2n) is 5.49. The van der Waals surface area contributed by atoms with Gasteiger partial charge in [0.2, 0.25) is 0 Å². The van der Waals surface area contributed by atoms with Crippen LogP contribution < -0.4 is 0 Å². The number of aryl methyl sites for hydroxylation is 1. The third-order valence-electron chi connectivity index (χ3n) is 2.66. The highest BCUT2D eigenvalue weighted by atomic mass is 79.9. The fourth-order valence-electron chi connectivity index (χ4n) is 1.89. The molecule has 0 saturated heterocycles. The van der Waals surface area contributed by atoms with Crippen LogP contribution in [0.4, 0.5) is 0 Å². The molecule has 2 rings (SSSR count). The smallest absolute Gasteiger partial charge is 0.328 e. The summed E-state index contributed by atoms with van der Waals surface area (Å²) in [6.45, 7) is 7.65. The largest absolute Gasteiger partial charge is 0.459 e. The maximum Gasteiger partial charge on any atom is 0.328 e. The molecule has 0 bridgehead atoms. The van der Waals surface area contributed by atoms with Crippen LogP contribution in [0, 0.1) is 6.92 Å². The molecule has 102 valence electrons. The van der Waals surface area contributed by atoms with Crippen molar-refractivity contribution in [1.82, 2.24) is 9.78 Å². The molecule has 0 radical (unpaired) electrons. The number of benzene rings is 1. The van der Waals surface area contributed by atoms with Gasteiger partial charge in [-0.1, -0.05) is 15.9 Å². The van der Waals surface area contributed by atoms with Gasteiger partial charge < -0.3 is 4.74 Å². The molecule has 0 aliphatic heterocycles.